The van der Waals surface area contributed by atoms with Crippen molar-refractivity contribution in [3.63, 3.8) is 0 Å². The normalized spacial score (nSPS) is 9.88. The summed E-state index contributed by atoms with van der Waals surface area (Å²) in [7, 11) is 0. The van der Waals surface area contributed by atoms with Crippen molar-refractivity contribution in [2.45, 2.75) is 0 Å². The molecular weight excluding hydrogens is 238 g/mol. The van der Waals surface area contributed by atoms with E-state index in [2.05, 4.69) is 10.3 Å². The first-order chi connectivity index (χ1) is 7.56. The summed E-state index contributed by atoms with van der Waals surface area (Å²) in [5, 5.41) is 21.2. The highest BCUT2D eigenvalue weighted by atomic mass is 35.5. The molecule has 7 nitrogen and oxygen atoms in total. The summed E-state index contributed by atoms with van der Waals surface area (Å²) in [4.78, 5) is 24.7. The quantitative estimate of drug-likeness (QED) is 0.453. The van der Waals surface area contributed by atoms with Crippen LogP contribution in [-0.4, -0.2) is 34.1 Å². The molecule has 1 heterocycles. The fraction of sp³-hybridized carbons (Fsp3) is 0.250. The van der Waals surface area contributed by atoms with Crippen LogP contribution in [0.3, 0.4) is 0 Å². The van der Waals surface area contributed by atoms with Gasteiger partial charge in [0.25, 0.3) is 11.6 Å². The van der Waals surface area contributed by atoms with E-state index in [9.17, 15) is 14.9 Å². The number of pyridine rings is 1. The minimum absolute atomic E-state index is 0.0395. The van der Waals surface area contributed by atoms with Gasteiger partial charge in [0.1, 0.15) is 11.3 Å². The zero-order valence-corrected chi connectivity index (χ0v) is 8.77. The van der Waals surface area contributed by atoms with E-state index in [1.807, 2.05) is 0 Å². The largest absolute Gasteiger partial charge is 0.395 e. The summed E-state index contributed by atoms with van der Waals surface area (Å²) < 4.78 is 0. The first-order valence-electron chi connectivity index (χ1n) is 4.25. The van der Waals surface area contributed by atoms with Gasteiger partial charge in [-0.05, 0) is 0 Å². The molecule has 0 radical (unpaired) electrons. The van der Waals surface area contributed by atoms with Crippen molar-refractivity contribution in [1.82, 2.24) is 10.3 Å². The number of aliphatic hydroxyl groups is 1. The van der Waals surface area contributed by atoms with Crippen LogP contribution in [0.25, 0.3) is 0 Å². The monoisotopic (exact) mass is 245 g/mol. The molecule has 0 bridgehead atoms. The lowest BCUT2D eigenvalue weighted by molar-refractivity contribution is -0.385. The van der Waals surface area contributed by atoms with E-state index in [4.69, 9.17) is 16.7 Å². The molecule has 86 valence electrons. The summed E-state index contributed by atoms with van der Waals surface area (Å²) in [6.07, 6.45) is 0.963. The topological polar surface area (TPSA) is 105 Å². The summed E-state index contributed by atoms with van der Waals surface area (Å²) in [6.45, 7) is -0.191. The van der Waals surface area contributed by atoms with Crippen LogP contribution in [0.4, 0.5) is 5.69 Å². The van der Waals surface area contributed by atoms with Gasteiger partial charge in [0.15, 0.2) is 0 Å². The number of nitrogens with zero attached hydrogens (tertiary/aromatic N) is 2. The van der Waals surface area contributed by atoms with Gasteiger partial charge in [0, 0.05) is 12.6 Å². The first-order valence-corrected chi connectivity index (χ1v) is 4.63. The summed E-state index contributed by atoms with van der Waals surface area (Å²) >= 11 is 5.62. The number of rotatable bonds is 4. The number of hydrogen-bond donors (Lipinski definition) is 2. The van der Waals surface area contributed by atoms with E-state index in [1.165, 1.54) is 0 Å². The van der Waals surface area contributed by atoms with E-state index >= 15 is 0 Å². The molecular formula is C8H8ClN3O4. The predicted molar refractivity (Wildman–Crippen MR) is 55.3 cm³/mol. The third kappa shape index (κ3) is 2.88. The first kappa shape index (κ1) is 12.3. The third-order valence-electron chi connectivity index (χ3n) is 1.68. The molecule has 8 heteroatoms. The summed E-state index contributed by atoms with van der Waals surface area (Å²) in [5.41, 5.74) is -0.414. The van der Waals surface area contributed by atoms with Gasteiger partial charge in [-0.15, -0.1) is 0 Å². The minimum Gasteiger partial charge on any atom is -0.395 e. The Labute approximate surface area is 95.2 Å². The summed E-state index contributed by atoms with van der Waals surface area (Å²) in [6, 6.07) is 1.03. The van der Waals surface area contributed by atoms with Crippen LogP contribution in [0.5, 0.6) is 0 Å². The number of carbonyl (C=O) groups is 1. The Hall–Kier alpha value is -1.73. The average Bonchev–Trinajstić information content (AvgIpc) is 2.26. The molecule has 0 spiro atoms. The molecule has 0 saturated heterocycles. The highest BCUT2D eigenvalue weighted by molar-refractivity contribution is 6.32. The average molecular weight is 246 g/mol. The molecule has 0 unspecified atom stereocenters. The van der Waals surface area contributed by atoms with Crippen LogP contribution in [0, 0.1) is 10.1 Å². The molecule has 0 aliphatic heterocycles. The number of hydrogen-bond acceptors (Lipinski definition) is 5. The van der Waals surface area contributed by atoms with Crippen LogP contribution in [-0.2, 0) is 0 Å². The van der Waals surface area contributed by atoms with Crippen LogP contribution >= 0.6 is 11.6 Å². The van der Waals surface area contributed by atoms with E-state index in [0.717, 1.165) is 12.3 Å². The number of nitro groups is 1. The summed E-state index contributed by atoms with van der Waals surface area (Å²) in [5.74, 6) is -0.616. The van der Waals surface area contributed by atoms with E-state index < -0.39 is 10.8 Å². The van der Waals surface area contributed by atoms with Crippen molar-refractivity contribution in [3.8, 4) is 0 Å². The zero-order chi connectivity index (χ0) is 12.1. The maximum atomic E-state index is 11.4. The molecule has 1 amide bonds. The molecule has 16 heavy (non-hydrogen) atoms. The maximum Gasteiger partial charge on any atom is 0.288 e. The number of halogens is 1. The van der Waals surface area contributed by atoms with Gasteiger partial charge in [-0.2, -0.15) is 0 Å². The van der Waals surface area contributed by atoms with E-state index in [-0.39, 0.29) is 29.6 Å². The Bertz CT molecular complexity index is 424. The Balaban J connectivity index is 2.97. The fourth-order valence-corrected chi connectivity index (χ4v) is 1.15. The van der Waals surface area contributed by atoms with Crippen molar-refractivity contribution in [3.05, 3.63) is 33.1 Å². The van der Waals surface area contributed by atoms with E-state index in [0.29, 0.717) is 0 Å². The molecule has 1 rings (SSSR count). The van der Waals surface area contributed by atoms with Gasteiger partial charge in [0.05, 0.1) is 17.1 Å². The Kier molecular flexibility index (Phi) is 4.15. The van der Waals surface area contributed by atoms with Gasteiger partial charge in [-0.25, -0.2) is 4.98 Å². The Morgan fingerprint density at radius 1 is 1.69 bits per heavy atom. The van der Waals surface area contributed by atoms with Gasteiger partial charge >= 0.3 is 0 Å². The Morgan fingerprint density at radius 3 is 2.94 bits per heavy atom. The van der Waals surface area contributed by atoms with Gasteiger partial charge in [-0.3, -0.25) is 14.9 Å². The smallest absolute Gasteiger partial charge is 0.288 e. The Morgan fingerprint density at radius 2 is 2.38 bits per heavy atom. The second kappa shape index (κ2) is 5.38. The van der Waals surface area contributed by atoms with Crippen molar-refractivity contribution in [2.75, 3.05) is 13.2 Å². The lowest BCUT2D eigenvalue weighted by atomic mass is 10.2. The van der Waals surface area contributed by atoms with Crippen molar-refractivity contribution < 1.29 is 14.8 Å². The van der Waals surface area contributed by atoms with Crippen molar-refractivity contribution in [1.29, 1.82) is 0 Å². The standard InChI is InChI=1S/C8H8ClN3O4/c9-7-6(8(14)10-1-2-13)3-5(4-11-7)12(15)16/h3-4,13H,1-2H2,(H,10,14). The molecule has 0 aliphatic carbocycles. The highest BCUT2D eigenvalue weighted by Gasteiger charge is 2.16. The molecule has 1 aromatic rings. The van der Waals surface area contributed by atoms with E-state index in [1.54, 1.807) is 0 Å². The number of nitrogens with one attached hydrogen (secondary N) is 1. The number of carbonyl (C=O) groups excluding carboxylic acids is 1. The van der Waals surface area contributed by atoms with Gasteiger partial charge < -0.3 is 10.4 Å². The number of amides is 1. The third-order valence-corrected chi connectivity index (χ3v) is 1.98. The molecule has 1 aromatic heterocycles. The van der Waals surface area contributed by atoms with Crippen molar-refractivity contribution in [2.24, 2.45) is 0 Å². The molecule has 2 N–H and O–H groups in total. The molecule has 0 saturated carbocycles. The second-order valence-electron chi connectivity index (χ2n) is 2.77. The number of aliphatic hydroxyl groups excluding tert-OH is 1. The van der Waals surface area contributed by atoms with Gasteiger partial charge in [0.2, 0.25) is 0 Å². The van der Waals surface area contributed by atoms with Crippen LogP contribution < -0.4 is 5.32 Å². The minimum atomic E-state index is -0.674. The maximum absolute atomic E-state index is 11.4. The van der Waals surface area contributed by atoms with Crippen LogP contribution in [0.15, 0.2) is 12.3 Å². The molecule has 0 aliphatic rings. The van der Waals surface area contributed by atoms with Crippen molar-refractivity contribution >= 4 is 23.2 Å². The zero-order valence-electron chi connectivity index (χ0n) is 8.01. The lowest BCUT2D eigenvalue weighted by Gasteiger charge is -2.04. The predicted octanol–water partition coefficient (Wildman–Crippen LogP) is 0.365. The van der Waals surface area contributed by atoms with Gasteiger partial charge in [-0.1, -0.05) is 11.6 Å². The van der Waals surface area contributed by atoms with Crippen LogP contribution in [0.1, 0.15) is 10.4 Å². The molecule has 0 fully saturated rings. The molecule has 0 atom stereocenters. The highest BCUT2D eigenvalue weighted by Crippen LogP contribution is 2.18. The second-order valence-corrected chi connectivity index (χ2v) is 3.13. The SMILES string of the molecule is O=C(NCCO)c1cc([N+](=O)[O-])cnc1Cl. The number of aromatic nitrogens is 1. The lowest BCUT2D eigenvalue weighted by Crippen LogP contribution is -2.26. The van der Waals surface area contributed by atoms with Crippen LogP contribution in [0.2, 0.25) is 5.15 Å². The fourth-order valence-electron chi connectivity index (χ4n) is 0.961. The molecule has 0 aromatic carbocycles.